The van der Waals surface area contributed by atoms with Gasteiger partial charge in [0, 0.05) is 22.2 Å². The SMILES string of the molecule is Cc1c(C)n(C2=C(n3c(C)c(C)c4ccccc43)C(F)(F)C(F)(F)C2(F)F)c2ccccc12. The van der Waals surface area contributed by atoms with Crippen LogP contribution in [-0.2, 0) is 0 Å². The Balaban J connectivity index is 2.04. The van der Waals surface area contributed by atoms with Gasteiger partial charge in [-0.3, -0.25) is 0 Å². The number of rotatable bonds is 2. The number of nitrogens with zero attached hydrogens (tertiary/aromatic N) is 2. The second-order valence-electron chi connectivity index (χ2n) is 8.55. The van der Waals surface area contributed by atoms with Crippen molar-refractivity contribution in [3.8, 4) is 0 Å². The van der Waals surface area contributed by atoms with Crippen molar-refractivity contribution in [3.05, 3.63) is 71.0 Å². The standard InChI is InChI=1S/C25H20F6N2/c1-13-15(3)32(19-11-7-5-9-17(13)19)21-22(24(28,29)25(30,31)23(21,26)27)33-16(4)14(2)18-10-6-8-12-20(18)33/h5-12H,1-4H3. The largest absolute Gasteiger partial charge is 0.383 e. The van der Waals surface area contributed by atoms with E-state index in [1.807, 2.05) is 0 Å². The van der Waals surface area contributed by atoms with Crippen molar-refractivity contribution < 1.29 is 26.3 Å². The Kier molecular flexibility index (Phi) is 4.24. The number of halogens is 6. The zero-order valence-electron chi connectivity index (χ0n) is 18.3. The lowest BCUT2D eigenvalue weighted by atomic mass is 10.1. The van der Waals surface area contributed by atoms with Gasteiger partial charge < -0.3 is 9.13 Å². The number of hydrogen-bond acceptors (Lipinski definition) is 0. The molecule has 0 aliphatic heterocycles. The van der Waals surface area contributed by atoms with Gasteiger partial charge in [-0.25, -0.2) is 0 Å². The minimum atomic E-state index is -5.62. The van der Waals surface area contributed by atoms with Gasteiger partial charge >= 0.3 is 17.8 Å². The van der Waals surface area contributed by atoms with Crippen LogP contribution >= 0.6 is 0 Å². The highest BCUT2D eigenvalue weighted by atomic mass is 19.3. The van der Waals surface area contributed by atoms with E-state index in [2.05, 4.69) is 0 Å². The third-order valence-electron chi connectivity index (χ3n) is 6.91. The maximum atomic E-state index is 15.4. The first kappa shape index (κ1) is 21.7. The van der Waals surface area contributed by atoms with Crippen LogP contribution in [-0.4, -0.2) is 26.9 Å². The average Bonchev–Trinajstić information content (AvgIpc) is 3.20. The van der Waals surface area contributed by atoms with Crippen LogP contribution in [0.2, 0.25) is 0 Å². The molecule has 2 heterocycles. The van der Waals surface area contributed by atoms with E-state index in [0.717, 1.165) is 9.13 Å². The zero-order valence-corrected chi connectivity index (χ0v) is 18.3. The van der Waals surface area contributed by atoms with Crippen molar-refractivity contribution in [2.45, 2.75) is 45.5 Å². The first-order valence-electron chi connectivity index (χ1n) is 10.4. The number of benzene rings is 2. The topological polar surface area (TPSA) is 9.86 Å². The Morgan fingerprint density at radius 3 is 1.24 bits per heavy atom. The summed E-state index contributed by atoms with van der Waals surface area (Å²) in [5.74, 6) is -15.9. The number of aryl methyl sites for hydroxylation is 2. The van der Waals surface area contributed by atoms with E-state index >= 15 is 17.6 Å². The Hall–Kier alpha value is -3.16. The van der Waals surface area contributed by atoms with Crippen LogP contribution in [0.15, 0.2) is 48.5 Å². The van der Waals surface area contributed by atoms with E-state index in [1.165, 1.54) is 26.0 Å². The first-order chi connectivity index (χ1) is 15.4. The number of alkyl halides is 6. The van der Waals surface area contributed by atoms with Gasteiger partial charge in [0.05, 0.1) is 11.0 Å². The lowest BCUT2D eigenvalue weighted by Gasteiger charge is -2.26. The van der Waals surface area contributed by atoms with Crippen LogP contribution < -0.4 is 0 Å². The molecule has 0 N–H and O–H groups in total. The molecule has 172 valence electrons. The highest BCUT2D eigenvalue weighted by Crippen LogP contribution is 2.63. The highest BCUT2D eigenvalue weighted by Gasteiger charge is 2.81. The molecule has 0 amide bonds. The predicted octanol–water partition coefficient (Wildman–Crippen LogP) is 7.57. The van der Waals surface area contributed by atoms with E-state index < -0.39 is 29.2 Å². The molecule has 8 heteroatoms. The molecule has 0 fully saturated rings. The van der Waals surface area contributed by atoms with Crippen molar-refractivity contribution in [2.75, 3.05) is 0 Å². The Morgan fingerprint density at radius 2 is 0.879 bits per heavy atom. The minimum absolute atomic E-state index is 0.166. The van der Waals surface area contributed by atoms with E-state index in [0.29, 0.717) is 21.9 Å². The molecule has 0 radical (unpaired) electrons. The van der Waals surface area contributed by atoms with Crippen LogP contribution in [0.3, 0.4) is 0 Å². The van der Waals surface area contributed by atoms with Crippen LogP contribution in [0.5, 0.6) is 0 Å². The summed E-state index contributed by atoms with van der Waals surface area (Å²) in [7, 11) is 0. The quantitative estimate of drug-likeness (QED) is 0.272. The van der Waals surface area contributed by atoms with Gasteiger partial charge in [0.25, 0.3) is 0 Å². The number of fused-ring (bicyclic) bond motifs is 2. The van der Waals surface area contributed by atoms with Crippen LogP contribution in [0.1, 0.15) is 22.5 Å². The van der Waals surface area contributed by atoms with E-state index in [1.54, 1.807) is 50.2 Å². The zero-order chi connectivity index (χ0) is 24.1. The first-order valence-corrected chi connectivity index (χ1v) is 10.4. The molecule has 2 nitrogen and oxygen atoms in total. The molecule has 0 unspecified atom stereocenters. The number of para-hydroxylation sites is 2. The maximum absolute atomic E-state index is 15.4. The molecule has 0 atom stereocenters. The summed E-state index contributed by atoms with van der Waals surface area (Å²) >= 11 is 0. The molecular formula is C25H20F6N2. The normalized spacial score (nSPS) is 19.2. The van der Waals surface area contributed by atoms with Gasteiger partial charge in [0.2, 0.25) is 0 Å². The Morgan fingerprint density at radius 1 is 0.545 bits per heavy atom. The molecule has 33 heavy (non-hydrogen) atoms. The smallest absolute Gasteiger partial charge is 0.310 e. The molecule has 2 aromatic carbocycles. The van der Waals surface area contributed by atoms with Crippen LogP contribution in [0, 0.1) is 27.7 Å². The molecular weight excluding hydrogens is 442 g/mol. The molecule has 0 saturated carbocycles. The summed E-state index contributed by atoms with van der Waals surface area (Å²) in [6.45, 7) is 6.24. The van der Waals surface area contributed by atoms with Crippen molar-refractivity contribution in [3.63, 3.8) is 0 Å². The van der Waals surface area contributed by atoms with Crippen molar-refractivity contribution in [2.24, 2.45) is 0 Å². The summed E-state index contributed by atoms with van der Waals surface area (Å²) in [5, 5.41) is 1.06. The number of aromatic nitrogens is 2. The number of allylic oxidation sites excluding steroid dienone is 2. The second-order valence-corrected chi connectivity index (χ2v) is 8.55. The van der Waals surface area contributed by atoms with Crippen molar-refractivity contribution >= 4 is 33.2 Å². The minimum Gasteiger partial charge on any atom is -0.310 e. The van der Waals surface area contributed by atoms with Crippen molar-refractivity contribution in [1.82, 2.24) is 9.13 Å². The second kappa shape index (κ2) is 6.46. The highest BCUT2D eigenvalue weighted by molar-refractivity contribution is 5.99. The van der Waals surface area contributed by atoms with E-state index in [-0.39, 0.29) is 22.4 Å². The molecule has 0 bridgehead atoms. The molecule has 1 aliphatic rings. The van der Waals surface area contributed by atoms with Gasteiger partial charge in [-0.05, 0) is 51.0 Å². The van der Waals surface area contributed by atoms with Crippen LogP contribution in [0.4, 0.5) is 26.3 Å². The lowest BCUT2D eigenvalue weighted by Crippen LogP contribution is -2.49. The summed E-state index contributed by atoms with van der Waals surface area (Å²) in [5.41, 5.74) is -0.969. The van der Waals surface area contributed by atoms with Gasteiger partial charge in [-0.2, -0.15) is 26.3 Å². The molecule has 0 spiro atoms. The molecule has 2 aromatic heterocycles. The third kappa shape index (κ3) is 2.41. The average molecular weight is 462 g/mol. The summed E-state index contributed by atoms with van der Waals surface area (Å²) in [6.07, 6.45) is 0. The molecule has 0 saturated heterocycles. The Labute approximate surface area is 185 Å². The van der Waals surface area contributed by atoms with E-state index in [4.69, 9.17) is 0 Å². The molecule has 1 aliphatic carbocycles. The number of hydrogen-bond donors (Lipinski definition) is 0. The van der Waals surface area contributed by atoms with Crippen LogP contribution in [0.25, 0.3) is 33.2 Å². The fourth-order valence-corrected chi connectivity index (χ4v) is 4.92. The van der Waals surface area contributed by atoms with E-state index in [9.17, 15) is 8.78 Å². The summed E-state index contributed by atoms with van der Waals surface area (Å²) in [4.78, 5) is 0. The summed E-state index contributed by atoms with van der Waals surface area (Å²) in [6, 6.07) is 12.7. The fourth-order valence-electron chi connectivity index (χ4n) is 4.92. The lowest BCUT2D eigenvalue weighted by molar-refractivity contribution is -0.256. The van der Waals surface area contributed by atoms with Crippen molar-refractivity contribution in [1.29, 1.82) is 0 Å². The fraction of sp³-hybridized carbons (Fsp3) is 0.280. The van der Waals surface area contributed by atoms with Gasteiger partial charge in [-0.15, -0.1) is 0 Å². The molecule has 4 aromatic rings. The van der Waals surface area contributed by atoms with Gasteiger partial charge in [-0.1, -0.05) is 36.4 Å². The molecule has 5 rings (SSSR count). The van der Waals surface area contributed by atoms with Gasteiger partial charge in [0.1, 0.15) is 11.4 Å². The summed E-state index contributed by atoms with van der Waals surface area (Å²) < 4.78 is 93.3. The third-order valence-corrected chi connectivity index (χ3v) is 6.91. The Bertz CT molecular complexity index is 1380. The predicted molar refractivity (Wildman–Crippen MR) is 117 cm³/mol. The van der Waals surface area contributed by atoms with Gasteiger partial charge in [0.15, 0.2) is 0 Å². The maximum Gasteiger partial charge on any atom is 0.383 e. The monoisotopic (exact) mass is 462 g/mol.